The quantitative estimate of drug-likeness (QED) is 0.614. The molecule has 0 unspecified atom stereocenters. The lowest BCUT2D eigenvalue weighted by Crippen LogP contribution is -2.39. The van der Waals surface area contributed by atoms with Gasteiger partial charge in [-0.1, -0.05) is 36.8 Å². The van der Waals surface area contributed by atoms with Gasteiger partial charge in [0, 0.05) is 25.8 Å². The van der Waals surface area contributed by atoms with E-state index in [1.54, 1.807) is 4.68 Å². The van der Waals surface area contributed by atoms with Crippen LogP contribution in [0.1, 0.15) is 36.1 Å². The van der Waals surface area contributed by atoms with E-state index < -0.39 is 0 Å². The molecule has 0 bridgehead atoms. The number of hydrogen-bond acceptors (Lipinski definition) is 4. The Hall–Kier alpha value is -2.89. The summed E-state index contributed by atoms with van der Waals surface area (Å²) >= 11 is 0. The van der Waals surface area contributed by atoms with Gasteiger partial charge in [0.15, 0.2) is 12.3 Å². The Balaban J connectivity index is 1.49. The number of benzene rings is 1. The molecular formula is C23H28N4O2. The highest BCUT2D eigenvalue weighted by Crippen LogP contribution is 2.29. The molecule has 0 aliphatic heterocycles. The maximum absolute atomic E-state index is 13.0. The third-order valence-corrected chi connectivity index (χ3v) is 5.69. The number of ether oxygens (including phenoxy) is 1. The minimum atomic E-state index is -0.0149. The third kappa shape index (κ3) is 4.26. The van der Waals surface area contributed by atoms with Crippen LogP contribution in [0.2, 0.25) is 0 Å². The van der Waals surface area contributed by atoms with Crippen molar-refractivity contribution < 1.29 is 9.53 Å². The van der Waals surface area contributed by atoms with Crippen LogP contribution in [-0.2, 0) is 18.4 Å². The lowest BCUT2D eigenvalue weighted by Gasteiger charge is -2.32. The van der Waals surface area contributed by atoms with Crippen molar-refractivity contribution in [3.8, 4) is 5.88 Å². The Morgan fingerprint density at radius 2 is 2.00 bits per heavy atom. The van der Waals surface area contributed by atoms with Crippen molar-refractivity contribution in [1.82, 2.24) is 19.7 Å². The van der Waals surface area contributed by atoms with Crippen LogP contribution in [-0.4, -0.2) is 38.7 Å². The van der Waals surface area contributed by atoms with Gasteiger partial charge in [-0.15, -0.1) is 5.10 Å². The summed E-state index contributed by atoms with van der Waals surface area (Å²) in [5, 5.41) is 5.33. The summed E-state index contributed by atoms with van der Waals surface area (Å²) in [6.07, 6.45) is 3.67. The van der Waals surface area contributed by atoms with E-state index in [0.717, 1.165) is 34.4 Å². The molecular weight excluding hydrogens is 364 g/mol. The number of hydrogen-bond donors (Lipinski definition) is 0. The van der Waals surface area contributed by atoms with Gasteiger partial charge in [0.2, 0.25) is 5.88 Å². The Bertz CT molecular complexity index is 1010. The van der Waals surface area contributed by atoms with Crippen LogP contribution in [0.5, 0.6) is 5.88 Å². The molecule has 2 aromatic heterocycles. The maximum atomic E-state index is 13.0. The first-order valence-corrected chi connectivity index (χ1v) is 10.3. The second-order valence-electron chi connectivity index (χ2n) is 8.05. The molecule has 0 saturated heterocycles. The molecule has 6 nitrogen and oxygen atoms in total. The van der Waals surface area contributed by atoms with Crippen LogP contribution in [0.15, 0.2) is 36.4 Å². The van der Waals surface area contributed by atoms with Gasteiger partial charge < -0.3 is 9.64 Å². The molecule has 1 aromatic carbocycles. The van der Waals surface area contributed by atoms with Gasteiger partial charge in [-0.2, -0.15) is 0 Å². The smallest absolute Gasteiger partial charge is 0.260 e. The standard InChI is InChI=1S/C23H28N4O2/c1-16-12-17(2)24-22-21(16)23(25-26(22)3)29-15-20(28)27(14-19-10-7-11-19)13-18-8-5-4-6-9-18/h4-6,8-9,12,19H,7,10-11,13-15H2,1-3H3. The number of amides is 1. The van der Waals surface area contributed by atoms with E-state index in [1.165, 1.54) is 19.3 Å². The third-order valence-electron chi connectivity index (χ3n) is 5.69. The van der Waals surface area contributed by atoms with Crippen molar-refractivity contribution in [3.63, 3.8) is 0 Å². The zero-order chi connectivity index (χ0) is 20.4. The van der Waals surface area contributed by atoms with Gasteiger partial charge >= 0.3 is 0 Å². The molecule has 29 heavy (non-hydrogen) atoms. The van der Waals surface area contributed by atoms with Gasteiger partial charge in [-0.3, -0.25) is 4.79 Å². The average Bonchev–Trinajstić information content (AvgIpc) is 2.98. The molecule has 0 N–H and O–H groups in total. The van der Waals surface area contributed by atoms with Crippen molar-refractivity contribution in [2.45, 2.75) is 39.7 Å². The Labute approximate surface area is 171 Å². The van der Waals surface area contributed by atoms with Gasteiger partial charge in [0.1, 0.15) is 0 Å². The van der Waals surface area contributed by atoms with E-state index in [4.69, 9.17) is 4.74 Å². The summed E-state index contributed by atoms with van der Waals surface area (Å²) in [5.74, 6) is 1.08. The monoisotopic (exact) mass is 392 g/mol. The predicted octanol–water partition coefficient (Wildman–Crippen LogP) is 3.79. The van der Waals surface area contributed by atoms with Crippen LogP contribution >= 0.6 is 0 Å². The van der Waals surface area contributed by atoms with Crippen LogP contribution in [0.25, 0.3) is 11.0 Å². The minimum absolute atomic E-state index is 0.00252. The lowest BCUT2D eigenvalue weighted by atomic mass is 9.85. The molecule has 0 atom stereocenters. The van der Waals surface area contributed by atoms with Crippen LogP contribution in [0.3, 0.4) is 0 Å². The second-order valence-corrected chi connectivity index (χ2v) is 8.05. The first kappa shape index (κ1) is 19.4. The molecule has 1 aliphatic rings. The molecule has 3 aromatic rings. The van der Waals surface area contributed by atoms with Crippen molar-refractivity contribution >= 4 is 16.9 Å². The Morgan fingerprint density at radius 1 is 1.24 bits per heavy atom. The van der Waals surface area contributed by atoms with E-state index in [1.807, 2.05) is 50.1 Å². The van der Waals surface area contributed by atoms with Crippen molar-refractivity contribution in [1.29, 1.82) is 0 Å². The predicted molar refractivity (Wildman–Crippen MR) is 113 cm³/mol. The molecule has 4 rings (SSSR count). The van der Waals surface area contributed by atoms with E-state index in [0.29, 0.717) is 18.3 Å². The van der Waals surface area contributed by atoms with Gasteiger partial charge in [-0.25, -0.2) is 9.67 Å². The van der Waals surface area contributed by atoms with E-state index in [2.05, 4.69) is 22.2 Å². The minimum Gasteiger partial charge on any atom is -0.466 e. The number of nitrogens with zero attached hydrogens (tertiary/aromatic N) is 4. The van der Waals surface area contributed by atoms with Gasteiger partial charge in [0.25, 0.3) is 5.91 Å². The second kappa shape index (κ2) is 8.23. The van der Waals surface area contributed by atoms with Crippen LogP contribution in [0, 0.1) is 19.8 Å². The number of aromatic nitrogens is 3. The van der Waals surface area contributed by atoms with Crippen molar-refractivity contribution in [3.05, 3.63) is 53.2 Å². The van der Waals surface area contributed by atoms with Crippen molar-refractivity contribution in [2.75, 3.05) is 13.2 Å². The summed E-state index contributed by atoms with van der Waals surface area (Å²) < 4.78 is 7.62. The lowest BCUT2D eigenvalue weighted by molar-refractivity contribution is -0.135. The molecule has 1 saturated carbocycles. The molecule has 1 amide bonds. The zero-order valence-electron chi connectivity index (χ0n) is 17.4. The van der Waals surface area contributed by atoms with Gasteiger partial charge in [0.05, 0.1) is 5.39 Å². The fourth-order valence-electron chi connectivity index (χ4n) is 3.92. The zero-order valence-corrected chi connectivity index (χ0v) is 17.4. The largest absolute Gasteiger partial charge is 0.466 e. The Morgan fingerprint density at radius 3 is 2.69 bits per heavy atom. The molecule has 152 valence electrons. The van der Waals surface area contributed by atoms with E-state index in [9.17, 15) is 4.79 Å². The summed E-state index contributed by atoms with van der Waals surface area (Å²) in [7, 11) is 1.85. The number of fused-ring (bicyclic) bond motifs is 1. The summed E-state index contributed by atoms with van der Waals surface area (Å²) in [6, 6.07) is 12.1. The molecule has 1 aliphatic carbocycles. The topological polar surface area (TPSA) is 60.2 Å². The summed E-state index contributed by atoms with van der Waals surface area (Å²) in [5.41, 5.74) is 3.91. The highest BCUT2D eigenvalue weighted by molar-refractivity contribution is 5.85. The first-order chi connectivity index (χ1) is 14.0. The average molecular weight is 393 g/mol. The van der Waals surface area contributed by atoms with Crippen LogP contribution < -0.4 is 4.74 Å². The van der Waals surface area contributed by atoms with Crippen molar-refractivity contribution in [2.24, 2.45) is 13.0 Å². The highest BCUT2D eigenvalue weighted by Gasteiger charge is 2.25. The molecule has 6 heteroatoms. The number of rotatable bonds is 7. The summed E-state index contributed by atoms with van der Waals surface area (Å²) in [6.45, 7) is 5.37. The fraction of sp³-hybridized carbons (Fsp3) is 0.435. The van der Waals surface area contributed by atoms with E-state index >= 15 is 0 Å². The molecule has 1 fully saturated rings. The Kier molecular flexibility index (Phi) is 5.51. The normalized spacial score (nSPS) is 14.0. The molecule has 0 radical (unpaired) electrons. The maximum Gasteiger partial charge on any atom is 0.260 e. The SMILES string of the molecule is Cc1cc(C)c2c(OCC(=O)N(Cc3ccccc3)CC3CCC3)nn(C)c2n1. The fourth-order valence-corrected chi connectivity index (χ4v) is 3.92. The van der Waals surface area contributed by atoms with Gasteiger partial charge in [-0.05, 0) is 49.8 Å². The summed E-state index contributed by atoms with van der Waals surface area (Å²) in [4.78, 5) is 19.5. The van der Waals surface area contributed by atoms with E-state index in [-0.39, 0.29) is 12.5 Å². The highest BCUT2D eigenvalue weighted by atomic mass is 16.5. The first-order valence-electron chi connectivity index (χ1n) is 10.3. The molecule has 0 spiro atoms. The number of pyridine rings is 1. The van der Waals surface area contributed by atoms with Crippen LogP contribution in [0.4, 0.5) is 0 Å². The number of carbonyl (C=O) groups is 1. The molecule has 2 heterocycles. The number of carbonyl (C=O) groups excluding carboxylic acids is 1. The number of aryl methyl sites for hydroxylation is 3.